The van der Waals surface area contributed by atoms with Crippen LogP contribution in [0.2, 0.25) is 0 Å². The summed E-state index contributed by atoms with van der Waals surface area (Å²) < 4.78 is 2.18. The smallest absolute Gasteiger partial charge is 0.335 e. The van der Waals surface area contributed by atoms with E-state index >= 15 is 0 Å². The first-order chi connectivity index (χ1) is 16.7. The van der Waals surface area contributed by atoms with E-state index in [1.54, 1.807) is 21.9 Å². The molecule has 0 bridgehead atoms. The van der Waals surface area contributed by atoms with E-state index in [1.165, 1.54) is 0 Å². The van der Waals surface area contributed by atoms with Crippen LogP contribution in [0.15, 0.2) is 48.5 Å². The van der Waals surface area contributed by atoms with E-state index in [4.69, 9.17) is 0 Å². The average molecular weight is 476 g/mol. The van der Waals surface area contributed by atoms with Gasteiger partial charge in [-0.1, -0.05) is 44.2 Å². The van der Waals surface area contributed by atoms with Crippen LogP contribution in [-0.4, -0.2) is 56.4 Å². The molecule has 1 aliphatic heterocycles. The van der Waals surface area contributed by atoms with Crippen molar-refractivity contribution in [3.8, 4) is 0 Å². The number of carbonyl (C=O) groups excluding carboxylic acids is 2. The van der Waals surface area contributed by atoms with Crippen LogP contribution < -0.4 is 0 Å². The standard InChI is InChI=1S/C28H33N3O4/c1-18(2)13-14-29-17-26(32)30(20(4)27(29)33)16-25-19(3)23-7-5-6-8-24(23)31(25)15-21-9-11-22(12-10-21)28(34)35/h5-12,18,20H,13-17H2,1-4H3,(H,34,35). The number of benzene rings is 2. The molecule has 0 spiro atoms. The third-order valence-corrected chi connectivity index (χ3v) is 6.98. The SMILES string of the molecule is Cc1c(CN2C(=O)CN(CCC(C)C)C(=O)C2C)n(Cc2ccc(C(=O)O)cc2)c2ccccc12. The molecule has 1 saturated heterocycles. The monoisotopic (exact) mass is 475 g/mol. The number of piperazine rings is 1. The number of nitrogens with zero attached hydrogens (tertiary/aromatic N) is 3. The van der Waals surface area contributed by atoms with Crippen molar-refractivity contribution in [2.24, 2.45) is 5.92 Å². The second-order valence-electron chi connectivity index (χ2n) is 9.82. The highest BCUT2D eigenvalue weighted by Crippen LogP contribution is 2.29. The van der Waals surface area contributed by atoms with Crippen molar-refractivity contribution in [1.29, 1.82) is 0 Å². The number of fused-ring (bicyclic) bond motifs is 1. The maximum atomic E-state index is 13.2. The van der Waals surface area contributed by atoms with Gasteiger partial charge in [0.15, 0.2) is 0 Å². The van der Waals surface area contributed by atoms with E-state index in [2.05, 4.69) is 37.5 Å². The molecule has 3 aromatic rings. The predicted octanol–water partition coefficient (Wildman–Crippen LogP) is 4.30. The summed E-state index contributed by atoms with van der Waals surface area (Å²) in [6.45, 7) is 9.70. The highest BCUT2D eigenvalue weighted by molar-refractivity contribution is 5.95. The number of rotatable bonds is 8. The number of hydrogen-bond acceptors (Lipinski definition) is 3. The Kier molecular flexibility index (Phi) is 6.96. The lowest BCUT2D eigenvalue weighted by molar-refractivity contribution is -0.155. The molecule has 2 aromatic carbocycles. The number of para-hydroxylation sites is 1. The van der Waals surface area contributed by atoms with Crippen LogP contribution in [0.4, 0.5) is 0 Å². The highest BCUT2D eigenvalue weighted by atomic mass is 16.4. The molecular formula is C28H33N3O4. The summed E-state index contributed by atoms with van der Waals surface area (Å²) in [7, 11) is 0. The Labute approximate surface area is 205 Å². The number of amides is 2. The Bertz CT molecular complexity index is 1260. The number of aromatic carboxylic acids is 1. The van der Waals surface area contributed by atoms with Crippen molar-refractivity contribution in [3.63, 3.8) is 0 Å². The van der Waals surface area contributed by atoms with Gasteiger partial charge in [0.2, 0.25) is 11.8 Å². The van der Waals surface area contributed by atoms with Gasteiger partial charge in [0, 0.05) is 29.7 Å². The molecule has 0 saturated carbocycles. The fraction of sp³-hybridized carbons (Fsp3) is 0.393. The summed E-state index contributed by atoms with van der Waals surface area (Å²) in [5, 5.41) is 10.3. The zero-order valence-electron chi connectivity index (χ0n) is 20.8. The minimum Gasteiger partial charge on any atom is -0.478 e. The molecule has 7 heteroatoms. The molecule has 1 fully saturated rings. The Hall–Kier alpha value is -3.61. The lowest BCUT2D eigenvalue weighted by atomic mass is 10.1. The van der Waals surface area contributed by atoms with Gasteiger partial charge >= 0.3 is 5.97 Å². The molecule has 2 amide bonds. The van der Waals surface area contributed by atoms with Crippen molar-refractivity contribution >= 4 is 28.7 Å². The Morgan fingerprint density at radius 3 is 2.40 bits per heavy atom. The largest absolute Gasteiger partial charge is 0.478 e. The number of carbonyl (C=O) groups is 3. The van der Waals surface area contributed by atoms with Crippen LogP contribution in [0.3, 0.4) is 0 Å². The number of carboxylic acids is 1. The minimum absolute atomic E-state index is 0.00479. The van der Waals surface area contributed by atoms with Gasteiger partial charge in [0.1, 0.15) is 6.04 Å². The van der Waals surface area contributed by atoms with E-state index in [-0.39, 0.29) is 23.9 Å². The molecule has 1 aromatic heterocycles. The molecule has 1 atom stereocenters. The molecule has 1 aliphatic rings. The Balaban J connectivity index is 1.65. The third-order valence-electron chi connectivity index (χ3n) is 6.98. The summed E-state index contributed by atoms with van der Waals surface area (Å²) in [6.07, 6.45) is 0.875. The summed E-state index contributed by atoms with van der Waals surface area (Å²) in [5.74, 6) is -0.531. The van der Waals surface area contributed by atoms with Crippen molar-refractivity contribution in [1.82, 2.24) is 14.4 Å². The Morgan fingerprint density at radius 1 is 1.06 bits per heavy atom. The molecule has 1 unspecified atom stereocenters. The molecule has 4 rings (SSSR count). The van der Waals surface area contributed by atoms with Gasteiger partial charge in [-0.05, 0) is 55.5 Å². The first kappa shape index (κ1) is 24.5. The van der Waals surface area contributed by atoms with Crippen LogP contribution in [0.5, 0.6) is 0 Å². The lowest BCUT2D eigenvalue weighted by Gasteiger charge is -2.39. The summed E-state index contributed by atoms with van der Waals surface area (Å²) in [5.41, 5.74) is 4.32. The molecule has 0 radical (unpaired) electrons. The van der Waals surface area contributed by atoms with E-state index in [0.29, 0.717) is 25.6 Å². The van der Waals surface area contributed by atoms with Gasteiger partial charge in [-0.25, -0.2) is 4.79 Å². The van der Waals surface area contributed by atoms with Crippen LogP contribution >= 0.6 is 0 Å². The number of hydrogen-bond donors (Lipinski definition) is 1. The second-order valence-corrected chi connectivity index (χ2v) is 9.82. The van der Waals surface area contributed by atoms with Crippen LogP contribution in [0, 0.1) is 12.8 Å². The van der Waals surface area contributed by atoms with Crippen molar-refractivity contribution in [2.45, 2.75) is 53.2 Å². The lowest BCUT2D eigenvalue weighted by Crippen LogP contribution is -2.58. The molecule has 7 nitrogen and oxygen atoms in total. The van der Waals surface area contributed by atoms with Gasteiger partial charge in [-0.2, -0.15) is 0 Å². The first-order valence-electron chi connectivity index (χ1n) is 12.1. The topological polar surface area (TPSA) is 82.9 Å². The van der Waals surface area contributed by atoms with Gasteiger partial charge in [-0.15, -0.1) is 0 Å². The van der Waals surface area contributed by atoms with Crippen molar-refractivity contribution < 1.29 is 19.5 Å². The summed E-state index contributed by atoms with van der Waals surface area (Å²) in [6, 6.07) is 14.4. The maximum Gasteiger partial charge on any atom is 0.335 e. The van der Waals surface area contributed by atoms with Crippen molar-refractivity contribution in [2.75, 3.05) is 13.1 Å². The van der Waals surface area contributed by atoms with E-state index in [9.17, 15) is 19.5 Å². The van der Waals surface area contributed by atoms with Crippen LogP contribution in [-0.2, 0) is 22.7 Å². The van der Waals surface area contributed by atoms with Gasteiger partial charge < -0.3 is 19.5 Å². The first-order valence-corrected chi connectivity index (χ1v) is 12.1. The number of aromatic nitrogens is 1. The molecule has 184 valence electrons. The zero-order valence-corrected chi connectivity index (χ0v) is 20.8. The third kappa shape index (κ3) is 4.94. The van der Waals surface area contributed by atoms with E-state index in [1.807, 2.05) is 31.2 Å². The molecule has 2 heterocycles. The number of aryl methyl sites for hydroxylation is 1. The minimum atomic E-state index is -0.954. The Morgan fingerprint density at radius 2 is 1.74 bits per heavy atom. The van der Waals surface area contributed by atoms with Gasteiger partial charge in [0.05, 0.1) is 18.7 Å². The van der Waals surface area contributed by atoms with Crippen molar-refractivity contribution in [3.05, 3.63) is 70.9 Å². The predicted molar refractivity (Wildman–Crippen MR) is 135 cm³/mol. The molecule has 35 heavy (non-hydrogen) atoms. The van der Waals surface area contributed by atoms with E-state index < -0.39 is 12.0 Å². The normalized spacial score (nSPS) is 16.5. The second kappa shape index (κ2) is 9.94. The fourth-order valence-electron chi connectivity index (χ4n) is 4.78. The summed E-state index contributed by atoms with van der Waals surface area (Å²) >= 11 is 0. The fourth-order valence-corrected chi connectivity index (χ4v) is 4.78. The van der Waals surface area contributed by atoms with E-state index in [0.717, 1.165) is 34.1 Å². The average Bonchev–Trinajstić information content (AvgIpc) is 3.09. The highest BCUT2D eigenvalue weighted by Gasteiger charge is 2.37. The van der Waals surface area contributed by atoms with Crippen LogP contribution in [0.25, 0.3) is 10.9 Å². The molecule has 0 aliphatic carbocycles. The molecular weight excluding hydrogens is 442 g/mol. The number of carboxylic acid groups (broad SMARTS) is 1. The zero-order chi connectivity index (χ0) is 25.3. The molecule has 1 N–H and O–H groups in total. The van der Waals surface area contributed by atoms with Gasteiger partial charge in [0.25, 0.3) is 0 Å². The van der Waals surface area contributed by atoms with Gasteiger partial charge in [-0.3, -0.25) is 9.59 Å². The van der Waals surface area contributed by atoms with Crippen LogP contribution in [0.1, 0.15) is 54.4 Å². The maximum absolute atomic E-state index is 13.2. The quantitative estimate of drug-likeness (QED) is 0.527. The summed E-state index contributed by atoms with van der Waals surface area (Å²) in [4.78, 5) is 40.9.